The number of fused-ring (bicyclic) bond motifs is 1. The van der Waals surface area contributed by atoms with Crippen LogP contribution in [0.5, 0.6) is 0 Å². The standard InChI is InChI=1S/C23H26N7O2P/c1-13-24-21-18(12-20(27-22(21)25-13)28-23(31)14-5-6-14)26-17-8-7-15(11-19(17)33(3,4)32)16-9-10-30(2)29-16/h7-12,14H,5-6H2,1-4H3,(H3,24,25,26,27,28,31). The van der Waals surface area contributed by atoms with E-state index in [9.17, 15) is 9.36 Å². The fourth-order valence-electron chi connectivity index (χ4n) is 3.80. The lowest BCUT2D eigenvalue weighted by Gasteiger charge is -2.17. The molecule has 10 heteroatoms. The number of nitrogens with zero attached hydrogens (tertiary/aromatic N) is 4. The first kappa shape index (κ1) is 21.4. The van der Waals surface area contributed by atoms with Crippen LogP contribution in [0.25, 0.3) is 22.4 Å². The minimum Gasteiger partial charge on any atom is -0.353 e. The number of aromatic nitrogens is 5. The first-order valence-corrected chi connectivity index (χ1v) is 13.4. The van der Waals surface area contributed by atoms with Gasteiger partial charge >= 0.3 is 0 Å². The Bertz CT molecular complexity index is 1430. The van der Waals surface area contributed by atoms with E-state index in [0.29, 0.717) is 33.8 Å². The number of anilines is 3. The maximum atomic E-state index is 13.2. The summed E-state index contributed by atoms with van der Waals surface area (Å²) < 4.78 is 15.0. The van der Waals surface area contributed by atoms with E-state index < -0.39 is 7.14 Å². The van der Waals surface area contributed by atoms with E-state index in [0.717, 1.165) is 29.8 Å². The molecule has 0 unspecified atom stereocenters. The number of carbonyl (C=O) groups is 1. The van der Waals surface area contributed by atoms with Crippen molar-refractivity contribution in [1.29, 1.82) is 0 Å². The first-order valence-electron chi connectivity index (χ1n) is 10.8. The zero-order valence-corrected chi connectivity index (χ0v) is 19.9. The van der Waals surface area contributed by atoms with Crippen LogP contribution < -0.4 is 15.9 Å². The Kier molecular flexibility index (Phi) is 5.09. The van der Waals surface area contributed by atoms with E-state index in [1.54, 1.807) is 24.1 Å². The molecule has 33 heavy (non-hydrogen) atoms. The van der Waals surface area contributed by atoms with Gasteiger partial charge in [0.2, 0.25) is 5.91 Å². The third-order valence-corrected chi connectivity index (χ3v) is 7.16. The Morgan fingerprint density at radius 2 is 1.94 bits per heavy atom. The number of nitrogens with one attached hydrogen (secondary N) is 3. The molecule has 5 rings (SSSR count). The number of aryl methyl sites for hydroxylation is 2. The summed E-state index contributed by atoms with van der Waals surface area (Å²) in [5, 5.41) is 11.5. The predicted molar refractivity (Wildman–Crippen MR) is 131 cm³/mol. The molecule has 1 amide bonds. The normalized spacial score (nSPS) is 13.9. The van der Waals surface area contributed by atoms with Crippen molar-refractivity contribution < 1.29 is 9.36 Å². The molecule has 0 aliphatic heterocycles. The molecule has 0 atom stereocenters. The number of amides is 1. The van der Waals surface area contributed by atoms with Crippen LogP contribution in [0.15, 0.2) is 36.5 Å². The largest absolute Gasteiger partial charge is 0.353 e. The van der Waals surface area contributed by atoms with E-state index in [4.69, 9.17) is 0 Å². The Morgan fingerprint density at radius 3 is 2.61 bits per heavy atom. The molecule has 3 aromatic heterocycles. The van der Waals surface area contributed by atoms with Gasteiger partial charge in [-0.1, -0.05) is 6.07 Å². The van der Waals surface area contributed by atoms with Gasteiger partial charge in [-0.3, -0.25) is 9.48 Å². The number of hydrogen-bond acceptors (Lipinski definition) is 6. The van der Waals surface area contributed by atoms with Gasteiger partial charge in [0, 0.05) is 41.8 Å². The highest BCUT2D eigenvalue weighted by atomic mass is 31.2. The highest BCUT2D eigenvalue weighted by Crippen LogP contribution is 2.40. The minimum absolute atomic E-state index is 0.0175. The van der Waals surface area contributed by atoms with Crippen molar-refractivity contribution in [2.45, 2.75) is 19.8 Å². The molecule has 1 aliphatic carbocycles. The smallest absolute Gasteiger partial charge is 0.228 e. The maximum absolute atomic E-state index is 13.2. The number of rotatable bonds is 6. The number of carbonyl (C=O) groups excluding carboxylic acids is 1. The van der Waals surface area contributed by atoms with Gasteiger partial charge in [-0.2, -0.15) is 5.10 Å². The number of aromatic amines is 1. The molecule has 0 spiro atoms. The Labute approximate surface area is 191 Å². The van der Waals surface area contributed by atoms with E-state index in [2.05, 4.69) is 30.7 Å². The van der Waals surface area contributed by atoms with Crippen molar-refractivity contribution in [2.75, 3.05) is 24.0 Å². The average Bonchev–Trinajstić information content (AvgIpc) is 3.40. The van der Waals surface area contributed by atoms with Crippen LogP contribution >= 0.6 is 7.14 Å². The van der Waals surface area contributed by atoms with Gasteiger partial charge < -0.3 is 20.2 Å². The van der Waals surface area contributed by atoms with E-state index in [-0.39, 0.29) is 11.8 Å². The maximum Gasteiger partial charge on any atom is 0.228 e. The van der Waals surface area contributed by atoms with Crippen molar-refractivity contribution >= 4 is 46.7 Å². The summed E-state index contributed by atoms with van der Waals surface area (Å²) in [4.78, 5) is 24.5. The molecule has 0 radical (unpaired) electrons. The van der Waals surface area contributed by atoms with Crippen LogP contribution in [-0.4, -0.2) is 44.0 Å². The third kappa shape index (κ3) is 4.41. The van der Waals surface area contributed by atoms with Crippen molar-refractivity contribution in [1.82, 2.24) is 24.7 Å². The molecule has 0 bridgehead atoms. The number of benzene rings is 1. The summed E-state index contributed by atoms with van der Waals surface area (Å²) in [6.45, 7) is 5.35. The van der Waals surface area contributed by atoms with Gasteiger partial charge in [-0.05, 0) is 51.3 Å². The van der Waals surface area contributed by atoms with Crippen LogP contribution in [0.1, 0.15) is 18.7 Å². The zero-order chi connectivity index (χ0) is 23.3. The Morgan fingerprint density at radius 1 is 1.15 bits per heavy atom. The zero-order valence-electron chi connectivity index (χ0n) is 19.0. The van der Waals surface area contributed by atoms with Gasteiger partial charge in [-0.25, -0.2) is 9.97 Å². The molecule has 4 aromatic rings. The molecule has 1 fully saturated rings. The number of pyridine rings is 1. The van der Waals surface area contributed by atoms with Gasteiger partial charge in [-0.15, -0.1) is 0 Å². The molecule has 1 aliphatic rings. The monoisotopic (exact) mass is 463 g/mol. The molecule has 170 valence electrons. The molecule has 0 saturated heterocycles. The van der Waals surface area contributed by atoms with Crippen LogP contribution in [0, 0.1) is 12.8 Å². The highest BCUT2D eigenvalue weighted by Gasteiger charge is 2.30. The summed E-state index contributed by atoms with van der Waals surface area (Å²) in [5.74, 6) is 1.22. The van der Waals surface area contributed by atoms with Gasteiger partial charge in [0.15, 0.2) is 5.65 Å². The molecule has 1 saturated carbocycles. The second-order valence-corrected chi connectivity index (χ2v) is 12.1. The Balaban J connectivity index is 1.57. The van der Waals surface area contributed by atoms with Gasteiger partial charge in [0.1, 0.15) is 24.3 Å². The van der Waals surface area contributed by atoms with Crippen molar-refractivity contribution in [2.24, 2.45) is 13.0 Å². The highest BCUT2D eigenvalue weighted by molar-refractivity contribution is 7.70. The number of hydrogen-bond donors (Lipinski definition) is 3. The summed E-state index contributed by atoms with van der Waals surface area (Å²) in [6.07, 6.45) is 3.71. The van der Waals surface area contributed by atoms with Crippen LogP contribution in [-0.2, 0) is 16.4 Å². The van der Waals surface area contributed by atoms with Crippen LogP contribution in [0.3, 0.4) is 0 Å². The summed E-state index contributed by atoms with van der Waals surface area (Å²) >= 11 is 0. The van der Waals surface area contributed by atoms with Crippen LogP contribution in [0.2, 0.25) is 0 Å². The lowest BCUT2D eigenvalue weighted by atomic mass is 10.1. The topological polar surface area (TPSA) is 118 Å². The number of imidazole rings is 1. The quantitative estimate of drug-likeness (QED) is 0.372. The van der Waals surface area contributed by atoms with Crippen molar-refractivity contribution in [3.63, 3.8) is 0 Å². The molecular weight excluding hydrogens is 437 g/mol. The Hall–Kier alpha value is -3.45. The average molecular weight is 463 g/mol. The molecular formula is C23H26N7O2P. The lowest BCUT2D eigenvalue weighted by Crippen LogP contribution is -2.15. The first-order chi connectivity index (χ1) is 15.7. The molecule has 3 N–H and O–H groups in total. The second kappa shape index (κ2) is 7.85. The third-order valence-electron chi connectivity index (χ3n) is 5.63. The van der Waals surface area contributed by atoms with E-state index in [1.165, 1.54) is 0 Å². The molecule has 3 heterocycles. The van der Waals surface area contributed by atoms with E-state index >= 15 is 0 Å². The van der Waals surface area contributed by atoms with E-state index in [1.807, 2.05) is 44.4 Å². The fourth-order valence-corrected chi connectivity index (χ4v) is 4.96. The summed E-state index contributed by atoms with van der Waals surface area (Å²) in [6, 6.07) is 9.49. The summed E-state index contributed by atoms with van der Waals surface area (Å²) in [5.41, 5.74) is 4.34. The SMILES string of the molecule is Cc1nc2c(Nc3ccc(-c4ccn(C)n4)cc3P(C)(C)=O)cc(NC(=O)C3CC3)nc2[nH]1. The number of H-pyrrole nitrogens is 1. The van der Waals surface area contributed by atoms with Crippen molar-refractivity contribution in [3.8, 4) is 11.3 Å². The predicted octanol–water partition coefficient (Wildman–Crippen LogP) is 4.01. The second-order valence-electron chi connectivity index (χ2n) is 8.92. The minimum atomic E-state index is -2.64. The fraction of sp³-hybridized carbons (Fsp3) is 0.304. The van der Waals surface area contributed by atoms with Crippen LogP contribution in [0.4, 0.5) is 17.2 Å². The van der Waals surface area contributed by atoms with Crippen molar-refractivity contribution in [3.05, 3.63) is 42.4 Å². The molecule has 9 nitrogen and oxygen atoms in total. The summed E-state index contributed by atoms with van der Waals surface area (Å²) in [7, 11) is -0.772. The van der Waals surface area contributed by atoms with Gasteiger partial charge in [0.25, 0.3) is 0 Å². The molecule has 1 aromatic carbocycles. The van der Waals surface area contributed by atoms with Gasteiger partial charge in [0.05, 0.1) is 11.4 Å². The lowest BCUT2D eigenvalue weighted by molar-refractivity contribution is -0.117.